The lowest BCUT2D eigenvalue weighted by Crippen LogP contribution is -2.02. The number of aromatic nitrogens is 1. The number of hydrogen-bond donors (Lipinski definition) is 1. The topological polar surface area (TPSA) is 42.4 Å². The Kier molecular flexibility index (Phi) is 3.17. The Bertz CT molecular complexity index is 473. The van der Waals surface area contributed by atoms with E-state index < -0.39 is 11.9 Å². The summed E-state index contributed by atoms with van der Waals surface area (Å²) in [5.74, 6) is -0.410. The van der Waals surface area contributed by atoms with Crippen LogP contribution in [-0.4, -0.2) is 17.2 Å². The van der Waals surface area contributed by atoms with Crippen molar-refractivity contribution < 1.29 is 14.2 Å². The Balaban J connectivity index is 2.41. The third kappa shape index (κ3) is 1.91. The van der Waals surface area contributed by atoms with Gasteiger partial charge in [0.1, 0.15) is 6.10 Å². The van der Waals surface area contributed by atoms with Crippen molar-refractivity contribution >= 4 is 11.3 Å². The second-order valence-electron chi connectivity index (χ2n) is 3.17. The molecule has 0 radical (unpaired) electrons. The van der Waals surface area contributed by atoms with Gasteiger partial charge in [-0.3, -0.25) is 4.98 Å². The van der Waals surface area contributed by atoms with Crippen molar-refractivity contribution in [2.75, 3.05) is 7.11 Å². The second-order valence-corrected chi connectivity index (χ2v) is 4.09. The normalized spacial score (nSPS) is 12.4. The highest BCUT2D eigenvalue weighted by Gasteiger charge is 2.18. The molecule has 1 atom stereocenters. The minimum Gasteiger partial charge on any atom is -0.494 e. The maximum absolute atomic E-state index is 13.8. The molecular formula is C11H10FNO2S. The first kappa shape index (κ1) is 11.0. The van der Waals surface area contributed by atoms with Gasteiger partial charge in [0, 0.05) is 11.8 Å². The Morgan fingerprint density at radius 2 is 2.31 bits per heavy atom. The van der Waals surface area contributed by atoms with E-state index in [1.165, 1.54) is 36.8 Å². The molecule has 1 aromatic carbocycles. The molecule has 1 heterocycles. The smallest absolute Gasteiger partial charge is 0.171 e. The zero-order valence-electron chi connectivity index (χ0n) is 8.55. The SMILES string of the molecule is COc1cccc(C(O)c2cncs2)c1F. The van der Waals surface area contributed by atoms with E-state index in [2.05, 4.69) is 4.98 Å². The standard InChI is InChI=1S/C11H10FNO2S/c1-15-8-4-2-3-7(10(8)12)11(14)9-5-13-6-16-9/h2-6,11,14H,1H3. The Morgan fingerprint density at radius 3 is 2.94 bits per heavy atom. The first-order chi connectivity index (χ1) is 7.74. The summed E-state index contributed by atoms with van der Waals surface area (Å²) < 4.78 is 18.7. The molecule has 0 aliphatic heterocycles. The van der Waals surface area contributed by atoms with Gasteiger partial charge in [0.05, 0.1) is 17.5 Å². The molecule has 2 rings (SSSR count). The summed E-state index contributed by atoms with van der Waals surface area (Å²) in [5.41, 5.74) is 1.79. The highest BCUT2D eigenvalue weighted by Crippen LogP contribution is 2.30. The van der Waals surface area contributed by atoms with E-state index >= 15 is 0 Å². The fraction of sp³-hybridized carbons (Fsp3) is 0.182. The van der Waals surface area contributed by atoms with Crippen molar-refractivity contribution in [2.24, 2.45) is 0 Å². The molecule has 0 amide bonds. The summed E-state index contributed by atoms with van der Waals surface area (Å²) in [5, 5.41) is 9.96. The first-order valence-electron chi connectivity index (χ1n) is 4.63. The van der Waals surface area contributed by atoms with Crippen LogP contribution in [-0.2, 0) is 0 Å². The molecule has 5 heteroatoms. The number of thiazole rings is 1. The lowest BCUT2D eigenvalue weighted by Gasteiger charge is -2.11. The fourth-order valence-corrected chi connectivity index (χ4v) is 2.03. The van der Waals surface area contributed by atoms with Gasteiger partial charge < -0.3 is 9.84 Å². The van der Waals surface area contributed by atoms with Gasteiger partial charge in [-0.15, -0.1) is 11.3 Å². The molecule has 0 spiro atoms. The monoisotopic (exact) mass is 239 g/mol. The van der Waals surface area contributed by atoms with Gasteiger partial charge in [-0.25, -0.2) is 4.39 Å². The summed E-state index contributed by atoms with van der Waals surface area (Å²) in [6.07, 6.45) is 0.524. The van der Waals surface area contributed by atoms with E-state index in [4.69, 9.17) is 4.74 Å². The van der Waals surface area contributed by atoms with Crippen LogP contribution in [0.3, 0.4) is 0 Å². The number of methoxy groups -OCH3 is 1. The number of halogens is 1. The van der Waals surface area contributed by atoms with Gasteiger partial charge in [-0.1, -0.05) is 12.1 Å². The van der Waals surface area contributed by atoms with E-state index in [1.807, 2.05) is 0 Å². The van der Waals surface area contributed by atoms with Gasteiger partial charge in [-0.2, -0.15) is 0 Å². The molecule has 0 fully saturated rings. The van der Waals surface area contributed by atoms with Gasteiger partial charge >= 0.3 is 0 Å². The molecular weight excluding hydrogens is 229 g/mol. The minimum absolute atomic E-state index is 0.126. The Labute approximate surface area is 96.2 Å². The molecule has 0 aliphatic rings. The molecule has 2 aromatic rings. The average Bonchev–Trinajstić information content (AvgIpc) is 2.82. The third-order valence-electron chi connectivity index (χ3n) is 2.23. The lowest BCUT2D eigenvalue weighted by atomic mass is 10.1. The van der Waals surface area contributed by atoms with E-state index in [9.17, 15) is 9.50 Å². The summed E-state index contributed by atoms with van der Waals surface area (Å²) in [7, 11) is 1.39. The predicted octanol–water partition coefficient (Wildman–Crippen LogP) is 2.37. The van der Waals surface area contributed by atoms with Crippen LogP contribution in [0.15, 0.2) is 29.9 Å². The van der Waals surface area contributed by atoms with E-state index in [1.54, 1.807) is 11.6 Å². The molecule has 0 aliphatic carbocycles. The van der Waals surface area contributed by atoms with E-state index in [-0.39, 0.29) is 11.3 Å². The van der Waals surface area contributed by atoms with E-state index in [0.29, 0.717) is 4.88 Å². The molecule has 16 heavy (non-hydrogen) atoms. The predicted molar refractivity (Wildman–Crippen MR) is 59.1 cm³/mol. The zero-order chi connectivity index (χ0) is 11.5. The van der Waals surface area contributed by atoms with Crippen LogP contribution < -0.4 is 4.74 Å². The van der Waals surface area contributed by atoms with Crippen molar-refractivity contribution in [2.45, 2.75) is 6.10 Å². The fourth-order valence-electron chi connectivity index (χ4n) is 1.41. The highest BCUT2D eigenvalue weighted by molar-refractivity contribution is 7.09. The molecule has 3 nitrogen and oxygen atoms in total. The molecule has 0 saturated carbocycles. The van der Waals surface area contributed by atoms with Crippen LogP contribution in [0, 0.1) is 5.82 Å². The Morgan fingerprint density at radius 1 is 1.50 bits per heavy atom. The first-order valence-corrected chi connectivity index (χ1v) is 5.51. The molecule has 1 aromatic heterocycles. The quantitative estimate of drug-likeness (QED) is 0.894. The largest absolute Gasteiger partial charge is 0.494 e. The van der Waals surface area contributed by atoms with Crippen LogP contribution in [0.1, 0.15) is 16.5 Å². The highest BCUT2D eigenvalue weighted by atomic mass is 32.1. The molecule has 84 valence electrons. The van der Waals surface area contributed by atoms with Crippen molar-refractivity contribution in [3.63, 3.8) is 0 Å². The van der Waals surface area contributed by atoms with Gasteiger partial charge in [-0.05, 0) is 6.07 Å². The number of ether oxygens (including phenoxy) is 1. The number of rotatable bonds is 3. The Hall–Kier alpha value is -1.46. The number of benzene rings is 1. The number of nitrogens with zero attached hydrogens (tertiary/aromatic N) is 1. The van der Waals surface area contributed by atoms with Crippen LogP contribution in [0.25, 0.3) is 0 Å². The summed E-state index contributed by atoms with van der Waals surface area (Å²) in [6, 6.07) is 4.68. The summed E-state index contributed by atoms with van der Waals surface area (Å²) >= 11 is 1.28. The van der Waals surface area contributed by atoms with E-state index in [0.717, 1.165) is 0 Å². The van der Waals surface area contributed by atoms with Crippen LogP contribution in [0.4, 0.5) is 4.39 Å². The number of aliphatic hydroxyl groups excluding tert-OH is 1. The summed E-state index contributed by atoms with van der Waals surface area (Å²) in [4.78, 5) is 4.45. The van der Waals surface area contributed by atoms with Crippen molar-refractivity contribution in [3.8, 4) is 5.75 Å². The van der Waals surface area contributed by atoms with Gasteiger partial charge in [0.25, 0.3) is 0 Å². The van der Waals surface area contributed by atoms with Crippen molar-refractivity contribution in [3.05, 3.63) is 46.2 Å². The zero-order valence-corrected chi connectivity index (χ0v) is 9.37. The third-order valence-corrected chi connectivity index (χ3v) is 3.06. The molecule has 0 saturated heterocycles. The second kappa shape index (κ2) is 4.59. The van der Waals surface area contributed by atoms with Crippen LogP contribution in [0.2, 0.25) is 0 Å². The maximum atomic E-state index is 13.8. The molecule has 1 N–H and O–H groups in total. The van der Waals surface area contributed by atoms with Crippen LogP contribution >= 0.6 is 11.3 Å². The number of aliphatic hydroxyl groups is 1. The number of hydrogen-bond acceptors (Lipinski definition) is 4. The van der Waals surface area contributed by atoms with Crippen LogP contribution in [0.5, 0.6) is 5.75 Å². The lowest BCUT2D eigenvalue weighted by molar-refractivity contribution is 0.217. The van der Waals surface area contributed by atoms with Crippen molar-refractivity contribution in [1.29, 1.82) is 0 Å². The van der Waals surface area contributed by atoms with Gasteiger partial charge in [0.2, 0.25) is 0 Å². The van der Waals surface area contributed by atoms with Gasteiger partial charge in [0.15, 0.2) is 11.6 Å². The minimum atomic E-state index is -0.998. The van der Waals surface area contributed by atoms with Crippen molar-refractivity contribution in [1.82, 2.24) is 4.98 Å². The molecule has 0 bridgehead atoms. The average molecular weight is 239 g/mol. The maximum Gasteiger partial charge on any atom is 0.171 e. The summed E-state index contributed by atoms with van der Waals surface area (Å²) in [6.45, 7) is 0. The molecule has 1 unspecified atom stereocenters.